The Hall–Kier alpha value is -1.35. The Morgan fingerprint density at radius 3 is 2.50 bits per heavy atom. The lowest BCUT2D eigenvalue weighted by molar-refractivity contribution is -0.123. The quantitative estimate of drug-likeness (QED) is 0.846. The molecule has 0 aromatic heterocycles. The molecule has 1 aromatic carbocycles. The molecule has 2 saturated carbocycles. The molecular weight excluding hydrogens is 224 g/mol. The highest BCUT2D eigenvalue weighted by atomic mass is 16.2. The van der Waals surface area contributed by atoms with Gasteiger partial charge in [0.25, 0.3) is 0 Å². The number of carbonyl (C=O) groups excluding carboxylic acids is 1. The SMILES string of the molecule is Cc1ccccc1C1(CNC(=O)C2(N)CC2)CC1. The predicted octanol–water partition coefficient (Wildman–Crippen LogP) is 1.63. The zero-order valence-electron chi connectivity index (χ0n) is 10.8. The molecule has 18 heavy (non-hydrogen) atoms. The minimum atomic E-state index is -0.554. The van der Waals surface area contributed by atoms with E-state index in [4.69, 9.17) is 5.73 Å². The Bertz CT molecular complexity index is 487. The lowest BCUT2D eigenvalue weighted by Crippen LogP contribution is -2.45. The first-order valence-corrected chi connectivity index (χ1v) is 6.69. The normalized spacial score (nSPS) is 22.3. The van der Waals surface area contributed by atoms with Crippen molar-refractivity contribution in [3.05, 3.63) is 35.4 Å². The van der Waals surface area contributed by atoms with Crippen LogP contribution in [0.25, 0.3) is 0 Å². The van der Waals surface area contributed by atoms with Crippen molar-refractivity contribution in [3.8, 4) is 0 Å². The number of rotatable bonds is 4. The van der Waals surface area contributed by atoms with Crippen molar-refractivity contribution in [2.24, 2.45) is 5.73 Å². The molecule has 3 N–H and O–H groups in total. The van der Waals surface area contributed by atoms with Crippen LogP contribution in [0.15, 0.2) is 24.3 Å². The van der Waals surface area contributed by atoms with E-state index in [1.54, 1.807) is 0 Å². The highest BCUT2D eigenvalue weighted by Crippen LogP contribution is 2.48. The Balaban J connectivity index is 1.69. The number of nitrogens with one attached hydrogen (secondary N) is 1. The summed E-state index contributed by atoms with van der Waals surface area (Å²) in [5, 5.41) is 3.05. The number of aryl methyl sites for hydroxylation is 1. The minimum Gasteiger partial charge on any atom is -0.354 e. The molecule has 3 rings (SSSR count). The summed E-state index contributed by atoms with van der Waals surface area (Å²) in [5.74, 6) is 0.0300. The Morgan fingerprint density at radius 1 is 1.28 bits per heavy atom. The molecule has 0 spiro atoms. The van der Waals surface area contributed by atoms with Gasteiger partial charge in [0, 0.05) is 12.0 Å². The third-order valence-corrected chi connectivity index (χ3v) is 4.40. The maximum absolute atomic E-state index is 11.9. The smallest absolute Gasteiger partial charge is 0.240 e. The van der Waals surface area contributed by atoms with E-state index < -0.39 is 5.54 Å². The molecule has 0 aliphatic heterocycles. The molecular formula is C15H20N2O. The molecule has 1 amide bonds. The third-order valence-electron chi connectivity index (χ3n) is 4.40. The van der Waals surface area contributed by atoms with Crippen LogP contribution in [0.5, 0.6) is 0 Å². The van der Waals surface area contributed by atoms with E-state index in [0.717, 1.165) is 32.2 Å². The van der Waals surface area contributed by atoms with Crippen LogP contribution in [-0.4, -0.2) is 18.0 Å². The van der Waals surface area contributed by atoms with Crippen molar-refractivity contribution in [1.82, 2.24) is 5.32 Å². The van der Waals surface area contributed by atoms with E-state index in [0.29, 0.717) is 0 Å². The standard InChI is InChI=1S/C15H20N2O/c1-11-4-2-3-5-12(11)14(6-7-14)10-17-13(18)15(16)8-9-15/h2-5H,6-10,16H2,1H3,(H,17,18). The molecule has 96 valence electrons. The van der Waals surface area contributed by atoms with Crippen LogP contribution in [0.3, 0.4) is 0 Å². The molecule has 3 heteroatoms. The first kappa shape index (κ1) is 11.7. The van der Waals surface area contributed by atoms with Gasteiger partial charge in [-0.15, -0.1) is 0 Å². The minimum absolute atomic E-state index is 0.0300. The summed E-state index contributed by atoms with van der Waals surface area (Å²) in [4.78, 5) is 11.9. The maximum Gasteiger partial charge on any atom is 0.240 e. The van der Waals surface area contributed by atoms with Gasteiger partial charge < -0.3 is 11.1 Å². The van der Waals surface area contributed by atoms with Gasteiger partial charge in [-0.2, -0.15) is 0 Å². The van der Waals surface area contributed by atoms with Crippen molar-refractivity contribution in [2.75, 3.05) is 6.54 Å². The van der Waals surface area contributed by atoms with Crippen molar-refractivity contribution < 1.29 is 4.79 Å². The average molecular weight is 244 g/mol. The summed E-state index contributed by atoms with van der Waals surface area (Å²) in [6.45, 7) is 2.87. The second-order valence-corrected chi connectivity index (χ2v) is 5.93. The van der Waals surface area contributed by atoms with Crippen molar-refractivity contribution >= 4 is 5.91 Å². The van der Waals surface area contributed by atoms with Gasteiger partial charge in [0.1, 0.15) is 0 Å². The highest BCUT2D eigenvalue weighted by Gasteiger charge is 2.49. The summed E-state index contributed by atoms with van der Waals surface area (Å²) in [5.41, 5.74) is 8.21. The van der Waals surface area contributed by atoms with Crippen molar-refractivity contribution in [2.45, 2.75) is 43.6 Å². The molecule has 0 atom stereocenters. The highest BCUT2D eigenvalue weighted by molar-refractivity contribution is 5.89. The third kappa shape index (κ3) is 1.93. The Kier molecular flexibility index (Phi) is 2.49. The average Bonchev–Trinajstić information content (AvgIpc) is 3.25. The monoisotopic (exact) mass is 244 g/mol. The fourth-order valence-electron chi connectivity index (χ4n) is 2.65. The largest absolute Gasteiger partial charge is 0.354 e. The van der Waals surface area contributed by atoms with E-state index in [2.05, 4.69) is 36.5 Å². The molecule has 0 heterocycles. The van der Waals surface area contributed by atoms with E-state index >= 15 is 0 Å². The van der Waals surface area contributed by atoms with Crippen LogP contribution < -0.4 is 11.1 Å². The van der Waals surface area contributed by atoms with Crippen LogP contribution in [0, 0.1) is 6.92 Å². The number of benzene rings is 1. The fraction of sp³-hybridized carbons (Fsp3) is 0.533. The molecule has 2 aliphatic rings. The summed E-state index contributed by atoms with van der Waals surface area (Å²) >= 11 is 0. The zero-order chi connectivity index (χ0) is 12.8. The molecule has 0 bridgehead atoms. The van der Waals surface area contributed by atoms with Gasteiger partial charge >= 0.3 is 0 Å². The van der Waals surface area contributed by atoms with E-state index in [1.807, 2.05) is 0 Å². The van der Waals surface area contributed by atoms with Gasteiger partial charge in [-0.1, -0.05) is 24.3 Å². The Morgan fingerprint density at radius 2 is 1.94 bits per heavy atom. The second kappa shape index (κ2) is 3.82. The molecule has 0 unspecified atom stereocenters. The molecule has 1 aromatic rings. The summed E-state index contributed by atoms with van der Waals surface area (Å²) < 4.78 is 0. The molecule has 2 aliphatic carbocycles. The maximum atomic E-state index is 11.9. The molecule has 2 fully saturated rings. The second-order valence-electron chi connectivity index (χ2n) is 5.93. The lowest BCUT2D eigenvalue weighted by atomic mass is 9.92. The lowest BCUT2D eigenvalue weighted by Gasteiger charge is -2.20. The van der Waals surface area contributed by atoms with Crippen LogP contribution in [0.4, 0.5) is 0 Å². The van der Waals surface area contributed by atoms with Gasteiger partial charge in [-0.3, -0.25) is 4.79 Å². The summed E-state index contributed by atoms with van der Waals surface area (Å²) in [6.07, 6.45) is 3.98. The topological polar surface area (TPSA) is 55.1 Å². The van der Waals surface area contributed by atoms with Gasteiger partial charge in [0.2, 0.25) is 5.91 Å². The fourth-order valence-corrected chi connectivity index (χ4v) is 2.65. The van der Waals surface area contributed by atoms with E-state index in [-0.39, 0.29) is 11.3 Å². The zero-order valence-corrected chi connectivity index (χ0v) is 10.8. The predicted molar refractivity (Wildman–Crippen MR) is 71.3 cm³/mol. The Labute approximate surface area is 108 Å². The number of amides is 1. The first-order chi connectivity index (χ1) is 8.56. The van der Waals surface area contributed by atoms with Gasteiger partial charge in [-0.25, -0.2) is 0 Å². The van der Waals surface area contributed by atoms with Crippen molar-refractivity contribution in [1.29, 1.82) is 0 Å². The number of hydrogen-bond acceptors (Lipinski definition) is 2. The number of hydrogen-bond donors (Lipinski definition) is 2. The van der Waals surface area contributed by atoms with Gasteiger partial charge in [-0.05, 0) is 43.7 Å². The van der Waals surface area contributed by atoms with Gasteiger partial charge in [0.15, 0.2) is 0 Å². The van der Waals surface area contributed by atoms with Gasteiger partial charge in [0.05, 0.1) is 5.54 Å². The van der Waals surface area contributed by atoms with Crippen LogP contribution >= 0.6 is 0 Å². The van der Waals surface area contributed by atoms with Crippen molar-refractivity contribution in [3.63, 3.8) is 0 Å². The van der Waals surface area contributed by atoms with Crippen LogP contribution in [0.1, 0.15) is 36.8 Å². The molecule has 3 nitrogen and oxygen atoms in total. The molecule has 0 saturated heterocycles. The van der Waals surface area contributed by atoms with Crippen LogP contribution in [0.2, 0.25) is 0 Å². The van der Waals surface area contributed by atoms with E-state index in [1.165, 1.54) is 11.1 Å². The summed E-state index contributed by atoms with van der Waals surface area (Å²) in [7, 11) is 0. The molecule has 0 radical (unpaired) electrons. The number of nitrogens with two attached hydrogens (primary N) is 1. The number of carbonyl (C=O) groups is 1. The van der Waals surface area contributed by atoms with E-state index in [9.17, 15) is 4.79 Å². The van der Waals surface area contributed by atoms with Crippen LogP contribution in [-0.2, 0) is 10.2 Å². The first-order valence-electron chi connectivity index (χ1n) is 6.69. The summed E-state index contributed by atoms with van der Waals surface area (Å²) in [6, 6.07) is 8.47.